The Morgan fingerprint density at radius 3 is 2.64 bits per heavy atom. The first-order chi connectivity index (χ1) is 16.1. The maximum Gasteiger partial charge on any atom is 0.267 e. The zero-order valence-electron chi connectivity index (χ0n) is 18.1. The molecule has 0 bridgehead atoms. The average molecular weight is 447 g/mol. The fraction of sp³-hybridized carbons (Fsp3) is 0.240. The lowest BCUT2D eigenvalue weighted by Crippen LogP contribution is -2.32. The Morgan fingerprint density at radius 2 is 1.94 bits per heavy atom. The van der Waals surface area contributed by atoms with E-state index in [0.717, 1.165) is 36.0 Å². The third kappa shape index (κ3) is 6.15. The minimum Gasteiger partial charge on any atom is -0.364 e. The highest BCUT2D eigenvalue weighted by molar-refractivity contribution is 5.97. The molecule has 1 atom stereocenters. The van der Waals surface area contributed by atoms with E-state index < -0.39 is 5.91 Å². The Morgan fingerprint density at radius 1 is 1.15 bits per heavy atom. The molecule has 1 saturated heterocycles. The molecule has 1 aliphatic heterocycles. The van der Waals surface area contributed by atoms with Crippen LogP contribution in [0.1, 0.15) is 46.7 Å². The smallest absolute Gasteiger partial charge is 0.267 e. The molecule has 1 aliphatic rings. The summed E-state index contributed by atoms with van der Waals surface area (Å²) in [5.41, 5.74) is 11.5. The molecule has 0 saturated carbocycles. The van der Waals surface area contributed by atoms with Crippen molar-refractivity contribution in [3.63, 3.8) is 0 Å². The number of carbonyl (C=O) groups excluding carboxylic acids is 2. The molecule has 1 aromatic heterocycles. The molecule has 4 rings (SSSR count). The van der Waals surface area contributed by atoms with Gasteiger partial charge in [0.05, 0.1) is 0 Å². The largest absolute Gasteiger partial charge is 0.364 e. The summed E-state index contributed by atoms with van der Waals surface area (Å²) < 4.78 is 5.41. The highest BCUT2D eigenvalue weighted by Crippen LogP contribution is 2.22. The number of rotatable bonds is 8. The van der Waals surface area contributed by atoms with Crippen molar-refractivity contribution >= 4 is 17.9 Å². The zero-order valence-corrected chi connectivity index (χ0v) is 18.1. The van der Waals surface area contributed by atoms with Crippen molar-refractivity contribution in [2.45, 2.75) is 32.0 Å². The molecular formula is C25H26N4O4. The van der Waals surface area contributed by atoms with Crippen molar-refractivity contribution < 1.29 is 19.2 Å². The number of nitrogens with zero attached hydrogens (tertiary/aromatic N) is 1. The summed E-state index contributed by atoms with van der Waals surface area (Å²) in [4.78, 5) is 36.7. The number of aromatic nitrogens is 2. The number of imidazole rings is 1. The predicted molar refractivity (Wildman–Crippen MR) is 124 cm³/mol. The van der Waals surface area contributed by atoms with Gasteiger partial charge in [0.15, 0.2) is 6.29 Å². The number of hydrogen-bond donors (Lipinski definition) is 3. The van der Waals surface area contributed by atoms with E-state index in [1.54, 1.807) is 6.08 Å². The van der Waals surface area contributed by atoms with Gasteiger partial charge in [-0.25, -0.2) is 15.3 Å². The van der Waals surface area contributed by atoms with Crippen LogP contribution in [-0.4, -0.2) is 34.7 Å². The maximum absolute atomic E-state index is 11.9. The first kappa shape index (κ1) is 22.4. The Kier molecular flexibility index (Phi) is 7.29. The molecule has 0 aliphatic carbocycles. The molecule has 8 heteroatoms. The topological polar surface area (TPSA) is 119 Å². The number of benzene rings is 2. The van der Waals surface area contributed by atoms with Crippen molar-refractivity contribution in [3.05, 3.63) is 83.3 Å². The van der Waals surface area contributed by atoms with Crippen molar-refractivity contribution in [1.29, 1.82) is 0 Å². The van der Waals surface area contributed by atoms with Gasteiger partial charge in [-0.05, 0) is 30.0 Å². The summed E-state index contributed by atoms with van der Waals surface area (Å²) in [5.74, 6) is -0.256. The second-order valence-electron chi connectivity index (χ2n) is 7.77. The van der Waals surface area contributed by atoms with Gasteiger partial charge in [0.2, 0.25) is 0 Å². The summed E-state index contributed by atoms with van der Waals surface area (Å²) in [6, 6.07) is 17.1. The number of primary amides is 1. The fourth-order valence-corrected chi connectivity index (χ4v) is 3.56. The van der Waals surface area contributed by atoms with E-state index in [1.807, 2.05) is 54.6 Å². The molecule has 0 spiro atoms. The van der Waals surface area contributed by atoms with Crippen LogP contribution in [0.2, 0.25) is 0 Å². The Bertz CT molecular complexity index is 1120. The van der Waals surface area contributed by atoms with Gasteiger partial charge >= 0.3 is 0 Å². The standard InChI is InChI=1S/C25H26N4O4/c26-25(31)24-23(19-6-2-1-3-7-19)27-20(28-24)16-18-11-9-17(10-12-18)13-14-21(30)29-33-22-8-4-5-15-32-22/h1-3,6-7,9-14,22H,4-5,8,15-16H2,(H2,26,31)(H,27,28)(H,29,30). The third-order valence-electron chi connectivity index (χ3n) is 5.25. The second kappa shape index (κ2) is 10.7. The van der Waals surface area contributed by atoms with Crippen LogP contribution in [0.25, 0.3) is 17.3 Å². The molecule has 1 unspecified atom stereocenters. The highest BCUT2D eigenvalue weighted by atomic mass is 16.8. The van der Waals surface area contributed by atoms with Gasteiger partial charge in [0.25, 0.3) is 11.8 Å². The van der Waals surface area contributed by atoms with E-state index >= 15 is 0 Å². The van der Waals surface area contributed by atoms with Gasteiger partial charge in [-0.3, -0.25) is 9.59 Å². The number of H-pyrrole nitrogens is 1. The number of ether oxygens (including phenoxy) is 1. The molecule has 1 fully saturated rings. The van der Waals surface area contributed by atoms with E-state index in [9.17, 15) is 9.59 Å². The molecule has 170 valence electrons. The lowest BCUT2D eigenvalue weighted by molar-refractivity contribution is -0.198. The summed E-state index contributed by atoms with van der Waals surface area (Å²) in [5, 5.41) is 0. The van der Waals surface area contributed by atoms with E-state index in [0.29, 0.717) is 30.2 Å². The monoisotopic (exact) mass is 446 g/mol. The molecular weight excluding hydrogens is 420 g/mol. The van der Waals surface area contributed by atoms with Crippen LogP contribution in [0.15, 0.2) is 60.7 Å². The summed E-state index contributed by atoms with van der Waals surface area (Å²) in [6.45, 7) is 0.651. The first-order valence-corrected chi connectivity index (χ1v) is 10.9. The maximum atomic E-state index is 11.9. The van der Waals surface area contributed by atoms with Crippen molar-refractivity contribution in [2.75, 3.05) is 6.61 Å². The molecule has 2 amide bonds. The number of nitrogens with two attached hydrogens (primary N) is 1. The SMILES string of the molecule is NC(=O)c1[nH]c(Cc2ccc(C=CC(=O)NOC3CCCCO3)cc2)nc1-c1ccccc1. The Balaban J connectivity index is 1.36. The van der Waals surface area contributed by atoms with Gasteiger partial charge < -0.3 is 15.5 Å². The fourth-order valence-electron chi connectivity index (χ4n) is 3.56. The minimum absolute atomic E-state index is 0.294. The number of hydroxylamine groups is 1. The molecule has 0 radical (unpaired) electrons. The van der Waals surface area contributed by atoms with Crippen LogP contribution in [0.3, 0.4) is 0 Å². The number of nitrogens with one attached hydrogen (secondary N) is 2. The zero-order chi connectivity index (χ0) is 23.0. The average Bonchev–Trinajstić information content (AvgIpc) is 3.28. The number of aromatic amines is 1. The lowest BCUT2D eigenvalue weighted by Gasteiger charge is -2.21. The van der Waals surface area contributed by atoms with E-state index in [4.69, 9.17) is 15.3 Å². The van der Waals surface area contributed by atoms with Gasteiger partial charge in [-0.2, -0.15) is 0 Å². The lowest BCUT2D eigenvalue weighted by atomic mass is 10.1. The van der Waals surface area contributed by atoms with Crippen LogP contribution in [0.4, 0.5) is 0 Å². The van der Waals surface area contributed by atoms with Gasteiger partial charge in [0, 0.05) is 31.1 Å². The van der Waals surface area contributed by atoms with Gasteiger partial charge in [-0.15, -0.1) is 0 Å². The second-order valence-corrected chi connectivity index (χ2v) is 7.77. The van der Waals surface area contributed by atoms with Crippen molar-refractivity contribution in [3.8, 4) is 11.3 Å². The van der Waals surface area contributed by atoms with Crippen LogP contribution in [-0.2, 0) is 20.8 Å². The Hall–Kier alpha value is -3.75. The van der Waals surface area contributed by atoms with Crippen LogP contribution in [0.5, 0.6) is 0 Å². The minimum atomic E-state index is -0.551. The van der Waals surface area contributed by atoms with Crippen LogP contribution in [0, 0.1) is 0 Å². The molecule has 4 N–H and O–H groups in total. The predicted octanol–water partition coefficient (Wildman–Crippen LogP) is 3.35. The first-order valence-electron chi connectivity index (χ1n) is 10.9. The summed E-state index contributed by atoms with van der Waals surface area (Å²) in [7, 11) is 0. The van der Waals surface area contributed by atoms with Crippen LogP contribution >= 0.6 is 0 Å². The van der Waals surface area contributed by atoms with Crippen LogP contribution < -0.4 is 11.2 Å². The molecule has 3 aromatic rings. The number of hydrogen-bond acceptors (Lipinski definition) is 5. The summed E-state index contributed by atoms with van der Waals surface area (Å²) in [6.07, 6.45) is 6.06. The van der Waals surface area contributed by atoms with Gasteiger partial charge in [0.1, 0.15) is 17.2 Å². The van der Waals surface area contributed by atoms with Crippen molar-refractivity contribution in [1.82, 2.24) is 15.4 Å². The quantitative estimate of drug-likeness (QED) is 0.362. The van der Waals surface area contributed by atoms with Crippen molar-refractivity contribution in [2.24, 2.45) is 5.73 Å². The molecule has 2 heterocycles. The molecule has 8 nitrogen and oxygen atoms in total. The number of carbonyl (C=O) groups is 2. The molecule has 33 heavy (non-hydrogen) atoms. The van der Waals surface area contributed by atoms with E-state index in [-0.39, 0.29) is 12.2 Å². The normalized spacial score (nSPS) is 16.1. The van der Waals surface area contributed by atoms with E-state index in [2.05, 4.69) is 15.4 Å². The van der Waals surface area contributed by atoms with E-state index in [1.165, 1.54) is 6.08 Å². The highest BCUT2D eigenvalue weighted by Gasteiger charge is 2.17. The number of amides is 2. The van der Waals surface area contributed by atoms with Gasteiger partial charge in [-0.1, -0.05) is 54.6 Å². The third-order valence-corrected chi connectivity index (χ3v) is 5.25. The Labute approximate surface area is 191 Å². The summed E-state index contributed by atoms with van der Waals surface area (Å²) >= 11 is 0. The molecule has 2 aromatic carbocycles.